The molecule has 0 atom stereocenters. The number of rotatable bonds is 16. The number of halogens is 1. The van der Waals surface area contributed by atoms with E-state index in [-0.39, 0.29) is 18.1 Å². The second-order valence-corrected chi connectivity index (χ2v) is 9.67. The SMILES string of the molecule is NCCOCCOCCNC(=O)Cc1ccc(Nc2nc(NCc3ccc(F)cc3)nc(N3CCCCC3)n2)cc1. The largest absolute Gasteiger partial charge is 0.378 e. The number of nitrogens with two attached hydrogens (primary N) is 1. The van der Waals surface area contributed by atoms with Crippen LogP contribution < -0.4 is 26.6 Å². The number of aromatic nitrogens is 3. The van der Waals surface area contributed by atoms with Crippen molar-refractivity contribution in [3.63, 3.8) is 0 Å². The first kappa shape index (κ1) is 30.1. The van der Waals surface area contributed by atoms with Gasteiger partial charge in [-0.1, -0.05) is 24.3 Å². The van der Waals surface area contributed by atoms with Crippen LogP contribution in [0.25, 0.3) is 0 Å². The van der Waals surface area contributed by atoms with E-state index in [2.05, 4.69) is 35.8 Å². The molecule has 1 aliphatic heterocycles. The molecule has 2 heterocycles. The topological polar surface area (TPSA) is 140 Å². The van der Waals surface area contributed by atoms with Crippen LogP contribution in [0.3, 0.4) is 0 Å². The average molecular weight is 567 g/mol. The highest BCUT2D eigenvalue weighted by molar-refractivity contribution is 5.78. The fraction of sp³-hybridized carbons (Fsp3) is 0.448. The highest BCUT2D eigenvalue weighted by atomic mass is 19.1. The molecule has 3 aromatic rings. The van der Waals surface area contributed by atoms with E-state index in [1.165, 1.54) is 18.6 Å². The minimum Gasteiger partial charge on any atom is -0.378 e. The molecule has 2 aromatic carbocycles. The van der Waals surface area contributed by atoms with Gasteiger partial charge in [-0.3, -0.25) is 4.79 Å². The molecule has 0 spiro atoms. The predicted octanol–water partition coefficient (Wildman–Crippen LogP) is 3.01. The number of nitrogens with zero attached hydrogens (tertiary/aromatic N) is 4. The minimum atomic E-state index is -0.273. The first-order valence-electron chi connectivity index (χ1n) is 14.1. The highest BCUT2D eigenvalue weighted by Gasteiger charge is 2.16. The quantitative estimate of drug-likeness (QED) is 0.191. The molecule has 4 rings (SSSR count). The third-order valence-corrected chi connectivity index (χ3v) is 6.40. The van der Waals surface area contributed by atoms with Gasteiger partial charge in [-0.25, -0.2) is 4.39 Å². The van der Waals surface area contributed by atoms with E-state index in [4.69, 9.17) is 15.2 Å². The number of benzene rings is 2. The van der Waals surface area contributed by atoms with Gasteiger partial charge in [0, 0.05) is 38.4 Å². The summed E-state index contributed by atoms with van der Waals surface area (Å²) in [6, 6.07) is 13.9. The molecule has 1 aromatic heterocycles. The molecule has 1 amide bonds. The van der Waals surface area contributed by atoms with Crippen LogP contribution in [-0.4, -0.2) is 73.5 Å². The van der Waals surface area contributed by atoms with E-state index in [1.54, 1.807) is 12.1 Å². The molecule has 0 aliphatic carbocycles. The predicted molar refractivity (Wildman–Crippen MR) is 157 cm³/mol. The van der Waals surface area contributed by atoms with Gasteiger partial charge in [-0.05, 0) is 54.7 Å². The fourth-order valence-electron chi connectivity index (χ4n) is 4.27. The van der Waals surface area contributed by atoms with Gasteiger partial charge in [-0.15, -0.1) is 0 Å². The van der Waals surface area contributed by atoms with Crippen molar-refractivity contribution < 1.29 is 18.7 Å². The van der Waals surface area contributed by atoms with E-state index in [0.717, 1.165) is 42.7 Å². The van der Waals surface area contributed by atoms with Gasteiger partial charge >= 0.3 is 0 Å². The number of anilines is 4. The van der Waals surface area contributed by atoms with Crippen molar-refractivity contribution in [1.82, 2.24) is 20.3 Å². The Labute approximate surface area is 240 Å². The first-order chi connectivity index (χ1) is 20.1. The van der Waals surface area contributed by atoms with E-state index in [0.29, 0.717) is 63.9 Å². The van der Waals surface area contributed by atoms with Gasteiger partial charge in [0.1, 0.15) is 5.82 Å². The number of hydrogen-bond donors (Lipinski definition) is 4. The standard InChI is InChI=1S/C29H39FN8O3/c30-24-8-4-23(5-9-24)21-33-27-35-28(37-29(36-27)38-14-2-1-3-15-38)34-25-10-6-22(7-11-25)20-26(39)32-13-17-41-19-18-40-16-12-31/h4-11H,1-3,12-21,31H2,(H,32,39)(H2,33,34,35,36,37). The summed E-state index contributed by atoms with van der Waals surface area (Å²) in [6.45, 7) is 5.07. The Morgan fingerprint density at radius 3 is 2.27 bits per heavy atom. The van der Waals surface area contributed by atoms with Crippen molar-refractivity contribution in [2.24, 2.45) is 5.73 Å². The molecule has 0 radical (unpaired) electrons. The maximum Gasteiger partial charge on any atom is 0.233 e. The Kier molecular flexibility index (Phi) is 12.0. The molecule has 41 heavy (non-hydrogen) atoms. The molecule has 1 fully saturated rings. The summed E-state index contributed by atoms with van der Waals surface area (Å²) >= 11 is 0. The molecule has 0 bridgehead atoms. The van der Waals surface area contributed by atoms with Crippen molar-refractivity contribution in [2.45, 2.75) is 32.2 Å². The number of carbonyl (C=O) groups excluding carboxylic acids is 1. The highest BCUT2D eigenvalue weighted by Crippen LogP contribution is 2.21. The van der Waals surface area contributed by atoms with Crippen LogP contribution in [0.2, 0.25) is 0 Å². The van der Waals surface area contributed by atoms with Crippen LogP contribution in [0.1, 0.15) is 30.4 Å². The second-order valence-electron chi connectivity index (χ2n) is 9.67. The molecule has 0 saturated carbocycles. The van der Waals surface area contributed by atoms with Crippen LogP contribution >= 0.6 is 0 Å². The number of amides is 1. The Bertz CT molecular complexity index is 1210. The minimum absolute atomic E-state index is 0.0748. The number of hydrogen-bond acceptors (Lipinski definition) is 10. The summed E-state index contributed by atoms with van der Waals surface area (Å²) in [4.78, 5) is 28.3. The lowest BCUT2D eigenvalue weighted by Gasteiger charge is -2.27. The first-order valence-corrected chi connectivity index (χ1v) is 14.1. The van der Waals surface area contributed by atoms with E-state index in [9.17, 15) is 9.18 Å². The lowest BCUT2D eigenvalue weighted by atomic mass is 10.1. The third kappa shape index (κ3) is 10.6. The summed E-state index contributed by atoms with van der Waals surface area (Å²) < 4.78 is 23.9. The van der Waals surface area contributed by atoms with Gasteiger partial charge in [0.05, 0.1) is 32.8 Å². The van der Waals surface area contributed by atoms with Gasteiger partial charge in [-0.2, -0.15) is 15.0 Å². The molecule has 220 valence electrons. The summed E-state index contributed by atoms with van der Waals surface area (Å²) in [5.74, 6) is 1.12. The zero-order valence-electron chi connectivity index (χ0n) is 23.3. The van der Waals surface area contributed by atoms with Crippen LogP contribution in [0.4, 0.5) is 27.9 Å². The van der Waals surface area contributed by atoms with Crippen molar-refractivity contribution in [2.75, 3.05) is 68.1 Å². The van der Waals surface area contributed by atoms with E-state index < -0.39 is 0 Å². The van der Waals surface area contributed by atoms with Crippen LogP contribution in [-0.2, 0) is 27.2 Å². The Morgan fingerprint density at radius 2 is 1.54 bits per heavy atom. The summed E-state index contributed by atoms with van der Waals surface area (Å²) in [7, 11) is 0. The maximum absolute atomic E-state index is 13.3. The number of piperidine rings is 1. The van der Waals surface area contributed by atoms with Crippen LogP contribution in [0, 0.1) is 5.82 Å². The van der Waals surface area contributed by atoms with Crippen molar-refractivity contribution in [3.05, 3.63) is 65.5 Å². The lowest BCUT2D eigenvalue weighted by Crippen LogP contribution is -2.31. The van der Waals surface area contributed by atoms with Gasteiger partial charge in [0.25, 0.3) is 0 Å². The molecule has 11 nitrogen and oxygen atoms in total. The van der Waals surface area contributed by atoms with Crippen LogP contribution in [0.5, 0.6) is 0 Å². The summed E-state index contributed by atoms with van der Waals surface area (Å²) in [5, 5.41) is 9.36. The molecule has 1 saturated heterocycles. The van der Waals surface area contributed by atoms with Gasteiger partial charge in [0.15, 0.2) is 0 Å². The van der Waals surface area contributed by atoms with Crippen molar-refractivity contribution in [3.8, 4) is 0 Å². The lowest BCUT2D eigenvalue weighted by molar-refractivity contribution is -0.120. The number of ether oxygens (including phenoxy) is 2. The maximum atomic E-state index is 13.3. The Balaban J connectivity index is 1.31. The average Bonchev–Trinajstić information content (AvgIpc) is 2.99. The Hall–Kier alpha value is -3.87. The molecule has 12 heteroatoms. The smallest absolute Gasteiger partial charge is 0.233 e. The second kappa shape index (κ2) is 16.4. The van der Waals surface area contributed by atoms with Crippen LogP contribution in [0.15, 0.2) is 48.5 Å². The van der Waals surface area contributed by atoms with E-state index in [1.807, 2.05) is 24.3 Å². The van der Waals surface area contributed by atoms with Gasteiger partial charge < -0.3 is 36.1 Å². The zero-order valence-corrected chi connectivity index (χ0v) is 23.3. The number of carbonyl (C=O) groups is 1. The van der Waals surface area contributed by atoms with Crippen molar-refractivity contribution in [1.29, 1.82) is 0 Å². The fourth-order valence-corrected chi connectivity index (χ4v) is 4.27. The molecular weight excluding hydrogens is 527 g/mol. The van der Waals surface area contributed by atoms with Gasteiger partial charge in [0.2, 0.25) is 23.8 Å². The third-order valence-electron chi connectivity index (χ3n) is 6.40. The normalized spacial score (nSPS) is 13.2. The molecular formula is C29H39FN8O3. The van der Waals surface area contributed by atoms with E-state index >= 15 is 0 Å². The molecule has 1 aliphatic rings. The van der Waals surface area contributed by atoms with Crippen molar-refractivity contribution >= 4 is 29.4 Å². The molecule has 5 N–H and O–H groups in total. The monoisotopic (exact) mass is 566 g/mol. The Morgan fingerprint density at radius 1 is 0.854 bits per heavy atom. The molecule has 0 unspecified atom stereocenters. The summed E-state index contributed by atoms with van der Waals surface area (Å²) in [6.07, 6.45) is 3.66. The zero-order chi connectivity index (χ0) is 28.7. The summed E-state index contributed by atoms with van der Waals surface area (Å²) in [5.41, 5.74) is 7.95. The number of nitrogens with one attached hydrogen (secondary N) is 3.